The molecule has 0 aromatic carbocycles. The van der Waals surface area contributed by atoms with Crippen molar-refractivity contribution >= 4 is 29.8 Å². The van der Waals surface area contributed by atoms with E-state index in [1.807, 2.05) is 0 Å². The Morgan fingerprint density at radius 1 is 0.455 bits per heavy atom. The van der Waals surface area contributed by atoms with E-state index >= 15 is 0 Å². The molecule has 22 heavy (non-hydrogen) atoms. The third-order valence-corrected chi connectivity index (χ3v) is 0. The fourth-order valence-electron chi connectivity index (χ4n) is 0. The maximum atomic E-state index is 8.89. The predicted octanol–water partition coefficient (Wildman–Crippen LogP) is -9.22. The monoisotopic (exact) mass is 510 g/mol. The van der Waals surface area contributed by atoms with Crippen LogP contribution in [0.15, 0.2) is 0 Å². The van der Waals surface area contributed by atoms with Crippen molar-refractivity contribution in [1.29, 1.82) is 0 Å². The van der Waals surface area contributed by atoms with Crippen molar-refractivity contribution in [2.75, 3.05) is 0 Å². The Labute approximate surface area is 162 Å². The first-order valence-electron chi connectivity index (χ1n) is 4.54. The minimum Gasteiger partial charge on any atom is -0.550 e. The van der Waals surface area contributed by atoms with E-state index in [2.05, 4.69) is 0 Å². The summed E-state index contributed by atoms with van der Waals surface area (Å²) in [5.74, 6) is -5.42. The Morgan fingerprint density at radius 3 is 0.455 bits per heavy atom. The van der Waals surface area contributed by atoms with Crippen LogP contribution >= 0.6 is 0 Å². The molecule has 0 fully saturated rings. The molecule has 0 unspecified atom stereocenters. The summed E-state index contributed by atoms with van der Waals surface area (Å²) in [7, 11) is 0. The third kappa shape index (κ3) is 5980. The van der Waals surface area contributed by atoms with Crippen LogP contribution in [0.25, 0.3) is 0 Å². The molecule has 10 nitrogen and oxygen atoms in total. The van der Waals surface area contributed by atoms with E-state index in [1.165, 1.54) is 0 Å². The van der Waals surface area contributed by atoms with Crippen LogP contribution in [-0.2, 0) is 43.8 Å². The summed E-state index contributed by atoms with van der Waals surface area (Å²) in [6.07, 6.45) is 0. The minimum atomic E-state index is -1.08. The van der Waals surface area contributed by atoms with Crippen molar-refractivity contribution in [3.05, 3.63) is 0 Å². The fraction of sp³-hybridized carbons (Fsp3) is 0.500. The van der Waals surface area contributed by atoms with Gasteiger partial charge >= 0.3 is 49.3 Å². The summed E-state index contributed by atoms with van der Waals surface area (Å²) in [4.78, 5) is 44.4. The molecule has 124 valence electrons. The normalized spacial score (nSPS) is 5.68. The summed E-state index contributed by atoms with van der Waals surface area (Å²) in [6.45, 7) is 4.86. The minimum absolute atomic E-state index is 0. The second kappa shape index (κ2) is 36.8. The quantitative estimate of drug-likeness (QED) is 0.283. The van der Waals surface area contributed by atoms with Crippen LogP contribution in [0.4, 0.5) is 0 Å². The smallest absolute Gasteiger partial charge is 0.550 e. The molecule has 12 heteroatoms. The van der Waals surface area contributed by atoms with Crippen molar-refractivity contribution in [3.8, 4) is 0 Å². The van der Waals surface area contributed by atoms with E-state index in [1.54, 1.807) is 0 Å². The Kier molecular flexibility index (Phi) is 71.7. The van der Waals surface area contributed by atoms with Gasteiger partial charge in [0.1, 0.15) is 0 Å². The van der Waals surface area contributed by atoms with Gasteiger partial charge in [-0.05, 0) is 34.6 Å². The number of carboxylic acids is 5. The number of hydrogen-bond acceptors (Lipinski definition) is 10. The molecule has 0 amide bonds. The van der Waals surface area contributed by atoms with Gasteiger partial charge in [-0.2, -0.15) is 0 Å². The summed E-state index contributed by atoms with van der Waals surface area (Å²) < 4.78 is 0. The third-order valence-electron chi connectivity index (χ3n) is 0. The van der Waals surface area contributed by atoms with Crippen molar-refractivity contribution in [3.63, 3.8) is 0 Å². The van der Waals surface area contributed by atoms with Crippen LogP contribution in [0.1, 0.15) is 34.6 Å². The van der Waals surface area contributed by atoms with Crippen LogP contribution in [-0.4, -0.2) is 29.8 Å². The van der Waals surface area contributed by atoms with Gasteiger partial charge in [0, 0.05) is 29.8 Å². The zero-order valence-corrected chi connectivity index (χ0v) is 17.5. The maximum absolute atomic E-state index is 8.89. The van der Waals surface area contributed by atoms with Gasteiger partial charge in [0.2, 0.25) is 0 Å². The Morgan fingerprint density at radius 2 is 0.455 bits per heavy atom. The number of hydrogen-bond donors (Lipinski definition) is 0. The first-order chi connectivity index (χ1) is 8.66. The molecule has 0 heterocycles. The van der Waals surface area contributed by atoms with E-state index < -0.39 is 29.8 Å². The van der Waals surface area contributed by atoms with E-state index in [4.69, 9.17) is 49.5 Å². The molecule has 0 atom stereocenters. The van der Waals surface area contributed by atoms with Crippen LogP contribution in [0.2, 0.25) is 0 Å². The van der Waals surface area contributed by atoms with Gasteiger partial charge in [0.25, 0.3) is 0 Å². The largest absolute Gasteiger partial charge is 4.00 e. The van der Waals surface area contributed by atoms with Crippen molar-refractivity contribution in [2.45, 2.75) is 34.6 Å². The Bertz CT molecular complexity index is 216. The summed E-state index contributed by atoms with van der Waals surface area (Å²) in [6, 6.07) is 0. The molecule has 0 saturated heterocycles. The molecule has 0 aliphatic heterocycles. The number of carbonyl (C=O) groups is 5. The second-order valence-electron chi connectivity index (χ2n) is 2.46. The van der Waals surface area contributed by atoms with E-state index in [0.717, 1.165) is 34.6 Å². The van der Waals surface area contributed by atoms with Gasteiger partial charge in [0.05, 0.1) is 0 Å². The Hall–Kier alpha value is -1.01. The summed E-state index contributed by atoms with van der Waals surface area (Å²) in [5, 5.41) is 44.4. The van der Waals surface area contributed by atoms with Crippen LogP contribution < -0.4 is 55.1 Å². The van der Waals surface area contributed by atoms with E-state index in [9.17, 15) is 0 Å². The number of carboxylic acid groups (broad SMARTS) is 5. The van der Waals surface area contributed by atoms with Crippen molar-refractivity contribution in [1.82, 2.24) is 0 Å². The molecule has 0 aromatic heterocycles. The molecule has 0 aromatic rings. The van der Waals surface area contributed by atoms with Gasteiger partial charge in [-0.15, -0.1) is 0 Å². The molecular formula is C10H15NaO10Os. The topological polar surface area (TPSA) is 201 Å². The molecule has 0 radical (unpaired) electrons. The van der Waals surface area contributed by atoms with Gasteiger partial charge in [-0.3, -0.25) is 0 Å². The standard InChI is InChI=1S/5C2H4O2.Na.Os/c5*1-2(3)4;;/h5*1H3,(H,3,4);;/q;;;;;+1;+4/p-5. The number of aliphatic carboxylic acids is 5. The average molecular weight is 508 g/mol. The first kappa shape index (κ1) is 42.9. The molecular weight excluding hydrogens is 493 g/mol. The molecule has 0 bridgehead atoms. The predicted molar refractivity (Wildman–Crippen MR) is 53.4 cm³/mol. The van der Waals surface area contributed by atoms with Gasteiger partial charge in [-0.25, -0.2) is 0 Å². The molecule has 0 rings (SSSR count). The van der Waals surface area contributed by atoms with Crippen LogP contribution in [0.5, 0.6) is 0 Å². The van der Waals surface area contributed by atoms with Crippen LogP contribution in [0.3, 0.4) is 0 Å². The molecule has 0 spiro atoms. The van der Waals surface area contributed by atoms with E-state index in [0.29, 0.717) is 0 Å². The molecule has 0 aliphatic rings. The summed E-state index contributed by atoms with van der Waals surface area (Å²) >= 11 is 0. The number of carbonyl (C=O) groups excluding carboxylic acids is 5. The zero-order chi connectivity index (χ0) is 17.9. The second-order valence-corrected chi connectivity index (χ2v) is 2.46. The average Bonchev–Trinajstić information content (AvgIpc) is 1.94. The first-order valence-corrected chi connectivity index (χ1v) is 4.54. The molecule has 0 aliphatic carbocycles. The maximum Gasteiger partial charge on any atom is 4.00 e. The SMILES string of the molecule is CC(=O)[O-].CC(=O)[O-].CC(=O)[O-].CC(=O)[O-].CC(=O)[O-].[Na+].[Os+4]. The molecule has 0 saturated carbocycles. The zero-order valence-electron chi connectivity index (χ0n) is 12.9. The fourth-order valence-corrected chi connectivity index (χ4v) is 0. The Balaban J connectivity index is -0.0000000250. The van der Waals surface area contributed by atoms with Crippen molar-refractivity contribution < 1.29 is 98.9 Å². The van der Waals surface area contributed by atoms with E-state index in [-0.39, 0.29) is 49.3 Å². The summed E-state index contributed by atoms with van der Waals surface area (Å²) in [5.41, 5.74) is 0. The van der Waals surface area contributed by atoms with Crippen molar-refractivity contribution in [2.24, 2.45) is 0 Å². The van der Waals surface area contributed by atoms with Gasteiger partial charge in [-0.1, -0.05) is 0 Å². The molecule has 0 N–H and O–H groups in total. The van der Waals surface area contributed by atoms with Gasteiger partial charge < -0.3 is 49.5 Å². The number of rotatable bonds is 0. The van der Waals surface area contributed by atoms with Crippen LogP contribution in [0, 0.1) is 0 Å². The van der Waals surface area contributed by atoms with Gasteiger partial charge in [0.15, 0.2) is 0 Å².